The molecule has 114 valence electrons. The molecule has 1 fully saturated rings. The lowest BCUT2D eigenvalue weighted by Crippen LogP contribution is -2.43. The molecular weight excluding hydrogens is 383 g/mol. The molecule has 0 aliphatic carbocycles. The highest BCUT2D eigenvalue weighted by molar-refractivity contribution is 14.0. The molecule has 1 aliphatic rings. The van der Waals surface area contributed by atoms with Crippen LogP contribution in [0.25, 0.3) is 0 Å². The predicted octanol–water partition coefficient (Wildman–Crippen LogP) is 2.37. The van der Waals surface area contributed by atoms with Crippen LogP contribution < -0.4 is 10.6 Å². The Hall–Kier alpha value is -0.340. The van der Waals surface area contributed by atoms with Crippen LogP contribution in [0.1, 0.15) is 18.4 Å². The maximum Gasteiger partial charge on any atom is 0.191 e. The van der Waals surface area contributed by atoms with Crippen molar-refractivity contribution in [2.45, 2.75) is 19.4 Å². The van der Waals surface area contributed by atoms with E-state index in [2.05, 4.69) is 44.4 Å². The van der Waals surface area contributed by atoms with E-state index >= 15 is 0 Å². The van der Waals surface area contributed by atoms with Crippen LogP contribution in [0.15, 0.2) is 21.8 Å². The van der Waals surface area contributed by atoms with Crippen molar-refractivity contribution >= 4 is 41.3 Å². The van der Waals surface area contributed by atoms with Crippen molar-refractivity contribution in [1.29, 1.82) is 0 Å². The molecule has 4 nitrogen and oxygen atoms in total. The molecule has 0 saturated carbocycles. The quantitative estimate of drug-likeness (QED) is 0.457. The molecule has 1 aromatic heterocycles. The molecule has 0 spiro atoms. The molecule has 2 rings (SSSR count). The minimum absolute atomic E-state index is 0. The van der Waals surface area contributed by atoms with Crippen LogP contribution in [0, 0.1) is 5.92 Å². The fourth-order valence-corrected chi connectivity index (χ4v) is 3.15. The van der Waals surface area contributed by atoms with Gasteiger partial charge in [-0.1, -0.05) is 0 Å². The Morgan fingerprint density at radius 2 is 2.35 bits per heavy atom. The molecule has 1 atom stereocenters. The first-order valence-corrected chi connectivity index (χ1v) is 7.86. The molecule has 0 radical (unpaired) electrons. The first kappa shape index (κ1) is 17.7. The molecule has 2 N–H and O–H groups in total. The Balaban J connectivity index is 0.00000200. The lowest BCUT2D eigenvalue weighted by molar-refractivity contribution is 0.210. The highest BCUT2D eigenvalue weighted by atomic mass is 127. The fraction of sp³-hybridized carbons (Fsp3) is 0.643. The van der Waals surface area contributed by atoms with Gasteiger partial charge < -0.3 is 15.5 Å². The minimum atomic E-state index is 0. The summed E-state index contributed by atoms with van der Waals surface area (Å²) in [7, 11) is 4.03. The molecule has 0 bridgehead atoms. The summed E-state index contributed by atoms with van der Waals surface area (Å²) in [4.78, 5) is 6.69. The molecule has 6 heteroatoms. The molecule has 20 heavy (non-hydrogen) atoms. The largest absolute Gasteiger partial charge is 0.356 e. The Labute approximate surface area is 143 Å². The Bertz CT molecular complexity index is 394. The van der Waals surface area contributed by atoms with Crippen molar-refractivity contribution in [1.82, 2.24) is 15.5 Å². The van der Waals surface area contributed by atoms with Crippen LogP contribution in [-0.2, 0) is 6.54 Å². The van der Waals surface area contributed by atoms with Gasteiger partial charge in [-0.15, -0.1) is 24.0 Å². The normalized spacial score (nSPS) is 20.3. The third kappa shape index (κ3) is 5.97. The van der Waals surface area contributed by atoms with Crippen molar-refractivity contribution < 1.29 is 0 Å². The van der Waals surface area contributed by atoms with Crippen LogP contribution in [0.2, 0.25) is 0 Å². The summed E-state index contributed by atoms with van der Waals surface area (Å²) in [5.41, 5.74) is 1.31. The van der Waals surface area contributed by atoms with Crippen molar-refractivity contribution in [2.75, 3.05) is 33.7 Å². The molecule has 1 saturated heterocycles. The predicted molar refractivity (Wildman–Crippen MR) is 98.2 cm³/mol. The van der Waals surface area contributed by atoms with E-state index in [-0.39, 0.29) is 24.0 Å². The Morgan fingerprint density at radius 1 is 1.50 bits per heavy atom. The number of aliphatic imine (C=N–C) groups is 1. The lowest BCUT2D eigenvalue weighted by Gasteiger charge is -2.30. The summed E-state index contributed by atoms with van der Waals surface area (Å²) in [6.45, 7) is 4.28. The number of nitrogens with one attached hydrogen (secondary N) is 2. The second kappa shape index (κ2) is 9.57. The van der Waals surface area contributed by atoms with Crippen LogP contribution in [0.4, 0.5) is 0 Å². The van der Waals surface area contributed by atoms with Gasteiger partial charge in [0.2, 0.25) is 0 Å². The number of guanidine groups is 1. The zero-order valence-electron chi connectivity index (χ0n) is 12.3. The summed E-state index contributed by atoms with van der Waals surface area (Å²) < 4.78 is 0. The lowest BCUT2D eigenvalue weighted by atomic mass is 9.99. The summed E-state index contributed by atoms with van der Waals surface area (Å²) in [6, 6.07) is 2.14. The van der Waals surface area contributed by atoms with E-state index in [1.54, 1.807) is 11.3 Å². The molecule has 1 aromatic rings. The fourth-order valence-electron chi connectivity index (χ4n) is 2.48. The maximum atomic E-state index is 4.28. The molecule has 0 amide bonds. The van der Waals surface area contributed by atoms with Crippen LogP contribution in [-0.4, -0.2) is 44.6 Å². The van der Waals surface area contributed by atoms with Gasteiger partial charge in [0.15, 0.2) is 5.96 Å². The summed E-state index contributed by atoms with van der Waals surface area (Å²) >= 11 is 1.73. The van der Waals surface area contributed by atoms with Gasteiger partial charge in [0, 0.05) is 26.7 Å². The number of nitrogens with zero attached hydrogens (tertiary/aromatic N) is 2. The average Bonchev–Trinajstić information content (AvgIpc) is 2.92. The van der Waals surface area contributed by atoms with E-state index in [1.165, 1.54) is 31.5 Å². The zero-order chi connectivity index (χ0) is 13.5. The van der Waals surface area contributed by atoms with Gasteiger partial charge in [-0.2, -0.15) is 11.3 Å². The van der Waals surface area contributed by atoms with Crippen LogP contribution in [0.5, 0.6) is 0 Å². The maximum absolute atomic E-state index is 4.28. The molecular formula is C14H25IN4S. The monoisotopic (exact) mass is 408 g/mol. The smallest absolute Gasteiger partial charge is 0.191 e. The van der Waals surface area contributed by atoms with E-state index in [0.29, 0.717) is 0 Å². The van der Waals surface area contributed by atoms with Gasteiger partial charge in [-0.05, 0) is 54.7 Å². The van der Waals surface area contributed by atoms with Gasteiger partial charge >= 0.3 is 0 Å². The third-order valence-corrected chi connectivity index (χ3v) is 4.28. The van der Waals surface area contributed by atoms with Gasteiger partial charge in [0.1, 0.15) is 0 Å². The molecule has 1 unspecified atom stereocenters. The van der Waals surface area contributed by atoms with Crippen LogP contribution in [0.3, 0.4) is 0 Å². The van der Waals surface area contributed by atoms with Crippen molar-refractivity contribution in [3.63, 3.8) is 0 Å². The Kier molecular flexibility index (Phi) is 8.47. The van der Waals surface area contributed by atoms with Crippen molar-refractivity contribution in [3.8, 4) is 0 Å². The minimum Gasteiger partial charge on any atom is -0.356 e. The number of rotatable bonds is 4. The molecule has 2 heterocycles. The standard InChI is InChI=1S/C14H24N4S.HI/c1-15-14(17-9-13-5-7-19-11-13)16-8-12-4-3-6-18(2)10-12;/h5,7,11-12H,3-4,6,8-10H2,1-2H3,(H2,15,16,17);1H. The first-order valence-electron chi connectivity index (χ1n) is 6.92. The number of likely N-dealkylation sites (tertiary alicyclic amines) is 1. The van der Waals surface area contributed by atoms with E-state index in [4.69, 9.17) is 0 Å². The highest BCUT2D eigenvalue weighted by Crippen LogP contribution is 2.13. The SMILES string of the molecule is CN=C(NCc1ccsc1)NCC1CCCN(C)C1.I. The molecule has 0 aromatic carbocycles. The number of hydrogen-bond acceptors (Lipinski definition) is 3. The number of piperidine rings is 1. The third-order valence-electron chi connectivity index (χ3n) is 3.54. The van der Waals surface area contributed by atoms with Gasteiger partial charge in [-0.3, -0.25) is 4.99 Å². The zero-order valence-corrected chi connectivity index (χ0v) is 15.4. The molecule has 1 aliphatic heterocycles. The highest BCUT2D eigenvalue weighted by Gasteiger charge is 2.17. The summed E-state index contributed by atoms with van der Waals surface area (Å²) in [6.07, 6.45) is 2.63. The van der Waals surface area contributed by atoms with E-state index in [1.807, 2.05) is 7.05 Å². The summed E-state index contributed by atoms with van der Waals surface area (Å²) in [5.74, 6) is 1.64. The Morgan fingerprint density at radius 3 is 3.00 bits per heavy atom. The van der Waals surface area contributed by atoms with Crippen molar-refractivity contribution in [3.05, 3.63) is 22.4 Å². The van der Waals surface area contributed by atoms with E-state index in [9.17, 15) is 0 Å². The number of hydrogen-bond donors (Lipinski definition) is 2. The number of thiophene rings is 1. The second-order valence-electron chi connectivity index (χ2n) is 5.21. The average molecular weight is 408 g/mol. The van der Waals surface area contributed by atoms with Crippen molar-refractivity contribution in [2.24, 2.45) is 10.9 Å². The van der Waals surface area contributed by atoms with E-state index in [0.717, 1.165) is 25.0 Å². The first-order chi connectivity index (χ1) is 9.28. The van der Waals surface area contributed by atoms with Crippen LogP contribution >= 0.6 is 35.3 Å². The van der Waals surface area contributed by atoms with E-state index < -0.39 is 0 Å². The van der Waals surface area contributed by atoms with Gasteiger partial charge in [0.25, 0.3) is 0 Å². The summed E-state index contributed by atoms with van der Waals surface area (Å²) in [5, 5.41) is 11.1. The topological polar surface area (TPSA) is 39.7 Å². The second-order valence-corrected chi connectivity index (χ2v) is 5.99. The van der Waals surface area contributed by atoms with Gasteiger partial charge in [-0.25, -0.2) is 0 Å². The number of halogens is 1. The van der Waals surface area contributed by atoms with Gasteiger partial charge in [0.05, 0.1) is 0 Å².